The van der Waals surface area contributed by atoms with Crippen LogP contribution in [0.1, 0.15) is 24.1 Å². The maximum Gasteiger partial charge on any atom is 0.300 e. The number of benzene rings is 3. The molecule has 0 bridgehead atoms. The van der Waals surface area contributed by atoms with E-state index in [0.717, 1.165) is 5.69 Å². The zero-order valence-corrected chi connectivity index (χ0v) is 22.9. The molecule has 0 aromatic heterocycles. The molecule has 1 fully saturated rings. The molecule has 0 radical (unpaired) electrons. The van der Waals surface area contributed by atoms with E-state index in [0.29, 0.717) is 17.0 Å². The van der Waals surface area contributed by atoms with Crippen molar-refractivity contribution in [1.82, 2.24) is 0 Å². The van der Waals surface area contributed by atoms with Gasteiger partial charge in [0.25, 0.3) is 11.7 Å². The van der Waals surface area contributed by atoms with E-state index in [-0.39, 0.29) is 40.0 Å². The van der Waals surface area contributed by atoms with Gasteiger partial charge in [0.05, 0.1) is 43.0 Å². The average molecular weight is 553 g/mol. The Balaban J connectivity index is 1.98. The van der Waals surface area contributed by atoms with Crippen molar-refractivity contribution in [2.75, 3.05) is 44.7 Å². The minimum Gasteiger partial charge on any atom is -0.507 e. The molecule has 1 amide bonds. The number of carbonyl (C=O) groups excluding carboxylic acids is 2. The van der Waals surface area contributed by atoms with Crippen molar-refractivity contribution in [3.8, 4) is 23.0 Å². The lowest BCUT2D eigenvalue weighted by Crippen LogP contribution is -2.29. The molecule has 0 saturated carbocycles. The lowest BCUT2D eigenvalue weighted by molar-refractivity contribution is -0.132. The van der Waals surface area contributed by atoms with Crippen LogP contribution in [0.3, 0.4) is 0 Å². The molecule has 4 rings (SSSR count). The highest BCUT2D eigenvalue weighted by molar-refractivity contribution is 6.51. The van der Waals surface area contributed by atoms with Gasteiger partial charge in [-0.15, -0.1) is 0 Å². The summed E-state index contributed by atoms with van der Waals surface area (Å²) in [4.78, 5) is 30.3. The van der Waals surface area contributed by atoms with Crippen LogP contribution in [-0.2, 0) is 9.59 Å². The van der Waals surface area contributed by atoms with Gasteiger partial charge in [0.1, 0.15) is 17.3 Å². The average Bonchev–Trinajstić information content (AvgIpc) is 3.19. The van der Waals surface area contributed by atoms with Crippen LogP contribution < -0.4 is 24.0 Å². The van der Waals surface area contributed by atoms with Crippen LogP contribution >= 0.6 is 11.6 Å². The van der Waals surface area contributed by atoms with E-state index >= 15 is 0 Å². The molecular weight excluding hydrogens is 524 g/mol. The molecule has 3 aromatic carbocycles. The fourth-order valence-electron chi connectivity index (χ4n) is 4.49. The zero-order valence-electron chi connectivity index (χ0n) is 22.2. The van der Waals surface area contributed by atoms with Crippen molar-refractivity contribution < 1.29 is 34.0 Å². The zero-order chi connectivity index (χ0) is 28.4. The Morgan fingerprint density at radius 3 is 2.23 bits per heavy atom. The highest BCUT2D eigenvalue weighted by atomic mass is 35.5. The Labute approximate surface area is 231 Å². The standard InChI is InChI=1S/C29H29ClN2O7/c1-6-39-24-13-16(7-12-21(24)33)26-25(27(34)19-14-20(30)23(38-5)15-22(19)37-4)28(35)29(36)32(26)18-10-8-17(9-11-18)31(2)3/h7-15,26,33-34H,6H2,1-5H3/b27-25+. The third kappa shape index (κ3) is 5.05. The lowest BCUT2D eigenvalue weighted by atomic mass is 9.94. The molecule has 1 aliphatic heterocycles. The number of phenolic OH excluding ortho intramolecular Hbond substituents is 1. The molecular formula is C29H29ClN2O7. The first kappa shape index (κ1) is 27.7. The number of ketones is 1. The topological polar surface area (TPSA) is 109 Å². The predicted molar refractivity (Wildman–Crippen MR) is 149 cm³/mol. The van der Waals surface area contributed by atoms with Crippen molar-refractivity contribution in [1.29, 1.82) is 0 Å². The summed E-state index contributed by atoms with van der Waals surface area (Å²) in [6.07, 6.45) is 0. The van der Waals surface area contributed by atoms with Crippen LogP contribution in [0.25, 0.3) is 5.76 Å². The first-order chi connectivity index (χ1) is 18.6. The second-order valence-electron chi connectivity index (χ2n) is 8.93. The van der Waals surface area contributed by atoms with Gasteiger partial charge in [-0.05, 0) is 55.0 Å². The van der Waals surface area contributed by atoms with E-state index in [1.807, 2.05) is 31.1 Å². The second-order valence-corrected chi connectivity index (χ2v) is 9.33. The number of halogens is 1. The molecule has 9 nitrogen and oxygen atoms in total. The fourth-order valence-corrected chi connectivity index (χ4v) is 4.73. The molecule has 204 valence electrons. The molecule has 1 unspecified atom stereocenters. The molecule has 1 saturated heterocycles. The molecule has 3 aromatic rings. The number of ether oxygens (including phenoxy) is 3. The number of aromatic hydroxyl groups is 1. The van der Waals surface area contributed by atoms with Crippen molar-refractivity contribution in [3.63, 3.8) is 0 Å². The summed E-state index contributed by atoms with van der Waals surface area (Å²) in [7, 11) is 6.62. The number of rotatable bonds is 8. The van der Waals surface area contributed by atoms with E-state index in [1.54, 1.807) is 31.2 Å². The summed E-state index contributed by atoms with van der Waals surface area (Å²) in [5.74, 6) is -1.63. The number of amides is 1. The minimum atomic E-state index is -1.06. The van der Waals surface area contributed by atoms with Gasteiger partial charge in [0, 0.05) is 31.5 Å². The van der Waals surface area contributed by atoms with Gasteiger partial charge in [-0.25, -0.2) is 0 Å². The largest absolute Gasteiger partial charge is 0.507 e. The summed E-state index contributed by atoms with van der Waals surface area (Å²) in [5, 5.41) is 22.0. The van der Waals surface area contributed by atoms with Crippen LogP contribution in [-0.4, -0.2) is 56.8 Å². The Morgan fingerprint density at radius 1 is 0.974 bits per heavy atom. The van der Waals surface area contributed by atoms with Gasteiger partial charge in [0.2, 0.25) is 0 Å². The van der Waals surface area contributed by atoms with Crippen molar-refractivity contribution >= 4 is 40.4 Å². The van der Waals surface area contributed by atoms with Crippen LogP contribution in [0.5, 0.6) is 23.0 Å². The number of phenols is 1. The maximum atomic E-state index is 13.6. The van der Waals surface area contributed by atoms with Gasteiger partial charge in [-0.1, -0.05) is 17.7 Å². The van der Waals surface area contributed by atoms with Crippen LogP contribution in [0.15, 0.2) is 60.2 Å². The summed E-state index contributed by atoms with van der Waals surface area (Å²) in [6, 6.07) is 13.5. The van der Waals surface area contributed by atoms with Crippen LogP contribution in [0.2, 0.25) is 5.02 Å². The molecule has 2 N–H and O–H groups in total. The third-order valence-corrected chi connectivity index (χ3v) is 6.71. The number of methoxy groups -OCH3 is 2. The Morgan fingerprint density at radius 2 is 1.64 bits per heavy atom. The Hall–Kier alpha value is -4.37. The molecule has 39 heavy (non-hydrogen) atoms. The molecule has 1 heterocycles. The van der Waals surface area contributed by atoms with Gasteiger partial charge < -0.3 is 29.3 Å². The second kappa shape index (κ2) is 11.2. The van der Waals surface area contributed by atoms with Crippen molar-refractivity contribution in [2.24, 2.45) is 0 Å². The normalized spacial score (nSPS) is 16.4. The predicted octanol–water partition coefficient (Wildman–Crippen LogP) is 5.15. The molecule has 1 atom stereocenters. The summed E-state index contributed by atoms with van der Waals surface area (Å²) < 4.78 is 16.2. The van der Waals surface area contributed by atoms with E-state index in [4.69, 9.17) is 25.8 Å². The number of aliphatic hydroxyl groups is 1. The van der Waals surface area contributed by atoms with Gasteiger partial charge in [-0.3, -0.25) is 14.5 Å². The number of nitrogens with zero attached hydrogens (tertiary/aromatic N) is 2. The lowest BCUT2D eigenvalue weighted by Gasteiger charge is -2.26. The van der Waals surface area contributed by atoms with E-state index in [1.165, 1.54) is 37.3 Å². The number of hydrogen-bond donors (Lipinski definition) is 2. The van der Waals surface area contributed by atoms with Gasteiger partial charge in [-0.2, -0.15) is 0 Å². The first-order valence-corrected chi connectivity index (χ1v) is 12.5. The highest BCUT2D eigenvalue weighted by Gasteiger charge is 2.47. The SMILES string of the molecule is CCOc1cc(C2/C(=C(\O)c3cc(Cl)c(OC)cc3OC)C(=O)C(=O)N2c2ccc(N(C)C)cc2)ccc1O. The molecule has 10 heteroatoms. The van der Waals surface area contributed by atoms with E-state index < -0.39 is 23.5 Å². The first-order valence-electron chi connectivity index (χ1n) is 12.1. The highest BCUT2D eigenvalue weighted by Crippen LogP contribution is 2.46. The summed E-state index contributed by atoms with van der Waals surface area (Å²) >= 11 is 6.34. The number of hydrogen-bond acceptors (Lipinski definition) is 8. The Bertz CT molecular complexity index is 1450. The molecule has 0 spiro atoms. The third-order valence-electron chi connectivity index (χ3n) is 6.42. The monoisotopic (exact) mass is 552 g/mol. The van der Waals surface area contributed by atoms with Gasteiger partial charge >= 0.3 is 0 Å². The summed E-state index contributed by atoms with van der Waals surface area (Å²) in [5.41, 5.74) is 1.71. The van der Waals surface area contributed by atoms with E-state index in [9.17, 15) is 19.8 Å². The quantitative estimate of drug-likeness (QED) is 0.224. The van der Waals surface area contributed by atoms with E-state index in [2.05, 4.69) is 0 Å². The van der Waals surface area contributed by atoms with Gasteiger partial charge in [0.15, 0.2) is 11.5 Å². The maximum absolute atomic E-state index is 13.6. The van der Waals surface area contributed by atoms with Crippen molar-refractivity contribution in [3.05, 3.63) is 76.3 Å². The smallest absolute Gasteiger partial charge is 0.300 e. The molecule has 0 aliphatic carbocycles. The number of anilines is 2. The Kier molecular flexibility index (Phi) is 7.92. The fraction of sp³-hybridized carbons (Fsp3) is 0.241. The number of carbonyl (C=O) groups is 2. The van der Waals surface area contributed by atoms with Crippen LogP contribution in [0.4, 0.5) is 11.4 Å². The van der Waals surface area contributed by atoms with Crippen LogP contribution in [0, 0.1) is 0 Å². The number of Topliss-reactive ketones (excluding diaryl/α,β-unsaturated/α-hetero) is 1. The number of aliphatic hydroxyl groups excluding tert-OH is 1. The van der Waals surface area contributed by atoms with Crippen molar-refractivity contribution in [2.45, 2.75) is 13.0 Å². The molecule has 1 aliphatic rings. The minimum absolute atomic E-state index is 0.100. The summed E-state index contributed by atoms with van der Waals surface area (Å²) in [6.45, 7) is 2.05.